The molecule has 1 heterocycles. The van der Waals surface area contributed by atoms with E-state index in [-0.39, 0.29) is 6.61 Å². The van der Waals surface area contributed by atoms with E-state index < -0.39 is 0 Å². The normalized spacial score (nSPS) is 10.2. The molecule has 0 saturated heterocycles. The van der Waals surface area contributed by atoms with Gasteiger partial charge in [0.1, 0.15) is 0 Å². The third-order valence-corrected chi connectivity index (χ3v) is 2.73. The molecule has 2 rings (SSSR count). The molecule has 0 aliphatic rings. The molecule has 2 aromatic rings. The van der Waals surface area contributed by atoms with Crippen LogP contribution in [0.1, 0.15) is 11.3 Å². The molecule has 2 heteroatoms. The highest BCUT2D eigenvalue weighted by Gasteiger charge is 2.09. The van der Waals surface area contributed by atoms with Crippen LogP contribution in [0, 0.1) is 0 Å². The second-order valence-corrected chi connectivity index (χ2v) is 3.79. The summed E-state index contributed by atoms with van der Waals surface area (Å²) in [5.41, 5.74) is 3.66. The van der Waals surface area contributed by atoms with Gasteiger partial charge in [-0.25, -0.2) is 0 Å². The van der Waals surface area contributed by atoms with Gasteiger partial charge in [-0.1, -0.05) is 31.4 Å². The van der Waals surface area contributed by atoms with Gasteiger partial charge in [-0.15, -0.1) is 0 Å². The second kappa shape index (κ2) is 4.85. The predicted octanol–water partition coefficient (Wildman–Crippen LogP) is 3.13. The summed E-state index contributed by atoms with van der Waals surface area (Å²) < 4.78 is 2.03. The highest BCUT2D eigenvalue weighted by atomic mass is 16.3. The number of hydrogen-bond donors (Lipinski definition) is 1. The molecule has 0 fully saturated rings. The topological polar surface area (TPSA) is 25.2 Å². The minimum atomic E-state index is -0.0420. The van der Waals surface area contributed by atoms with Crippen LogP contribution in [0.5, 0.6) is 0 Å². The Balaban J connectivity index is 2.54. The van der Waals surface area contributed by atoms with Gasteiger partial charge < -0.3 is 9.67 Å². The number of hydrogen-bond acceptors (Lipinski definition) is 1. The highest BCUT2D eigenvalue weighted by molar-refractivity contribution is 5.73. The molecular weight excluding hydrogens is 210 g/mol. The van der Waals surface area contributed by atoms with Crippen molar-refractivity contribution in [2.24, 2.45) is 0 Å². The average Bonchev–Trinajstić information content (AvgIpc) is 2.82. The Bertz CT molecular complexity index is 537. The Morgan fingerprint density at radius 1 is 1.24 bits per heavy atom. The fourth-order valence-corrected chi connectivity index (χ4v) is 1.85. The number of benzene rings is 1. The number of rotatable bonds is 4. The molecule has 0 aliphatic carbocycles. The predicted molar refractivity (Wildman–Crippen MR) is 72.0 cm³/mol. The monoisotopic (exact) mass is 225 g/mol. The zero-order valence-electron chi connectivity index (χ0n) is 9.63. The van der Waals surface area contributed by atoms with E-state index >= 15 is 0 Å². The van der Waals surface area contributed by atoms with Crippen molar-refractivity contribution in [3.63, 3.8) is 0 Å². The van der Waals surface area contributed by atoms with E-state index in [4.69, 9.17) is 5.11 Å². The Hall–Kier alpha value is -2.06. The Morgan fingerprint density at radius 2 is 1.94 bits per heavy atom. The van der Waals surface area contributed by atoms with Gasteiger partial charge in [0.15, 0.2) is 0 Å². The van der Waals surface area contributed by atoms with E-state index in [1.807, 2.05) is 47.2 Å². The molecule has 1 N–H and O–H groups in total. The van der Waals surface area contributed by atoms with Crippen molar-refractivity contribution in [2.45, 2.75) is 0 Å². The summed E-state index contributed by atoms with van der Waals surface area (Å²) in [7, 11) is 0. The summed E-state index contributed by atoms with van der Waals surface area (Å²) in [6.45, 7) is 7.63. The van der Waals surface area contributed by atoms with Crippen LogP contribution >= 0.6 is 0 Å². The van der Waals surface area contributed by atoms with Crippen LogP contribution in [-0.2, 0) is 0 Å². The summed E-state index contributed by atoms with van der Waals surface area (Å²) in [5, 5.41) is 9.14. The molecule has 0 aliphatic heterocycles. The Morgan fingerprint density at radius 3 is 2.53 bits per heavy atom. The van der Waals surface area contributed by atoms with Crippen LogP contribution in [0.2, 0.25) is 0 Å². The van der Waals surface area contributed by atoms with Gasteiger partial charge in [0, 0.05) is 17.4 Å². The van der Waals surface area contributed by atoms with Gasteiger partial charge in [0.25, 0.3) is 0 Å². The zero-order chi connectivity index (χ0) is 12.3. The first-order valence-electron chi connectivity index (χ1n) is 5.46. The van der Waals surface area contributed by atoms with Crippen molar-refractivity contribution in [3.8, 4) is 5.69 Å². The molecule has 0 amide bonds. The largest absolute Gasteiger partial charge is 0.392 e. The van der Waals surface area contributed by atoms with E-state index in [1.165, 1.54) is 0 Å². The number of aromatic nitrogens is 1. The molecule has 0 atom stereocenters. The van der Waals surface area contributed by atoms with Gasteiger partial charge in [-0.2, -0.15) is 0 Å². The lowest BCUT2D eigenvalue weighted by Crippen LogP contribution is -1.97. The van der Waals surface area contributed by atoms with Crippen molar-refractivity contribution >= 4 is 11.6 Å². The maximum Gasteiger partial charge on any atom is 0.0682 e. The number of aliphatic hydroxyl groups is 1. The molecule has 1 aromatic heterocycles. The van der Waals surface area contributed by atoms with Crippen molar-refractivity contribution < 1.29 is 5.11 Å². The van der Waals surface area contributed by atoms with E-state index in [0.717, 1.165) is 16.9 Å². The van der Waals surface area contributed by atoms with E-state index in [9.17, 15) is 0 Å². The van der Waals surface area contributed by atoms with Crippen molar-refractivity contribution in [1.29, 1.82) is 0 Å². The first-order chi connectivity index (χ1) is 8.27. The van der Waals surface area contributed by atoms with E-state index in [2.05, 4.69) is 13.2 Å². The molecule has 0 saturated carbocycles. The van der Waals surface area contributed by atoms with Crippen LogP contribution in [0.15, 0.2) is 55.8 Å². The molecule has 0 spiro atoms. The first-order valence-corrected chi connectivity index (χ1v) is 5.46. The molecular formula is C15H15NO. The van der Waals surface area contributed by atoms with Crippen molar-refractivity contribution in [2.75, 3.05) is 6.61 Å². The molecule has 0 unspecified atom stereocenters. The second-order valence-electron chi connectivity index (χ2n) is 3.79. The zero-order valence-corrected chi connectivity index (χ0v) is 9.63. The van der Waals surface area contributed by atoms with Gasteiger partial charge in [-0.3, -0.25) is 0 Å². The van der Waals surface area contributed by atoms with Crippen molar-refractivity contribution in [1.82, 2.24) is 4.57 Å². The first kappa shape index (κ1) is 11.4. The van der Waals surface area contributed by atoms with Gasteiger partial charge in [0.05, 0.1) is 12.3 Å². The smallest absolute Gasteiger partial charge is 0.0682 e. The summed E-state index contributed by atoms with van der Waals surface area (Å²) in [6, 6.07) is 12.0. The fraction of sp³-hybridized carbons (Fsp3) is 0.0667. The van der Waals surface area contributed by atoms with Crippen LogP contribution < -0.4 is 0 Å². The van der Waals surface area contributed by atoms with Crippen LogP contribution in [0.4, 0.5) is 0 Å². The summed E-state index contributed by atoms with van der Waals surface area (Å²) in [4.78, 5) is 0. The summed E-state index contributed by atoms with van der Waals surface area (Å²) in [6.07, 6.45) is 3.74. The Labute approximate surface area is 101 Å². The maximum atomic E-state index is 9.14. The van der Waals surface area contributed by atoms with Crippen LogP contribution in [-0.4, -0.2) is 16.3 Å². The highest BCUT2D eigenvalue weighted by Crippen LogP contribution is 2.23. The maximum absolute atomic E-state index is 9.14. The lowest BCUT2D eigenvalue weighted by atomic mass is 10.1. The molecule has 86 valence electrons. The van der Waals surface area contributed by atoms with Crippen LogP contribution in [0.25, 0.3) is 17.3 Å². The lowest BCUT2D eigenvalue weighted by molar-refractivity contribution is 0.350. The quantitative estimate of drug-likeness (QED) is 0.849. The molecule has 1 aromatic carbocycles. The number of aliphatic hydroxyl groups excluding tert-OH is 1. The van der Waals surface area contributed by atoms with E-state index in [1.54, 1.807) is 6.08 Å². The lowest BCUT2D eigenvalue weighted by Gasteiger charge is -2.08. The van der Waals surface area contributed by atoms with Gasteiger partial charge in [0.2, 0.25) is 0 Å². The third kappa shape index (κ3) is 2.08. The molecule has 0 bridgehead atoms. The molecule has 2 nitrogen and oxygen atoms in total. The summed E-state index contributed by atoms with van der Waals surface area (Å²) in [5.74, 6) is 0. The average molecular weight is 225 g/mol. The number of para-hydroxylation sites is 1. The van der Waals surface area contributed by atoms with Gasteiger partial charge in [-0.05, 0) is 29.8 Å². The minimum absolute atomic E-state index is 0.0420. The van der Waals surface area contributed by atoms with Crippen LogP contribution in [0.3, 0.4) is 0 Å². The SMILES string of the molecule is C=Cc1c(C(=C)CO)ccn1-c1ccccc1. The molecule has 17 heavy (non-hydrogen) atoms. The van der Waals surface area contributed by atoms with Crippen molar-refractivity contribution in [3.05, 3.63) is 67.0 Å². The third-order valence-electron chi connectivity index (χ3n) is 2.73. The van der Waals surface area contributed by atoms with Gasteiger partial charge >= 0.3 is 0 Å². The molecule has 0 radical (unpaired) electrons. The van der Waals surface area contributed by atoms with E-state index in [0.29, 0.717) is 5.57 Å². The summed E-state index contributed by atoms with van der Waals surface area (Å²) >= 11 is 0. The number of nitrogens with zero attached hydrogens (tertiary/aromatic N) is 1. The standard InChI is InChI=1S/C15H15NO/c1-3-15-14(12(2)11-17)9-10-16(15)13-7-5-4-6-8-13/h3-10,17H,1-2,11H2. The fourth-order valence-electron chi connectivity index (χ4n) is 1.85. The minimum Gasteiger partial charge on any atom is -0.392 e. The Kier molecular flexibility index (Phi) is 3.26.